The molecule has 0 amide bonds. The molecule has 5 aliphatic rings. The van der Waals surface area contributed by atoms with Crippen LogP contribution in [0.15, 0.2) is 59.2 Å². The van der Waals surface area contributed by atoms with Crippen LogP contribution in [0.25, 0.3) is 5.76 Å². The van der Waals surface area contributed by atoms with E-state index in [0.29, 0.717) is 84.3 Å². The molecule has 10 rings (SSSR count). The van der Waals surface area contributed by atoms with Crippen LogP contribution >= 0.6 is 0 Å². The van der Waals surface area contributed by atoms with E-state index in [4.69, 9.17) is 29.4 Å². The van der Waals surface area contributed by atoms with Crippen LogP contribution in [0.5, 0.6) is 0 Å². The Balaban J connectivity index is 0.000000153. The fourth-order valence-corrected chi connectivity index (χ4v) is 10.3. The molecular weight excluding hydrogens is 784 g/mol. The van der Waals surface area contributed by atoms with Crippen LogP contribution in [0.2, 0.25) is 0 Å². The Labute approximate surface area is 340 Å². The molecule has 9 heterocycles. The van der Waals surface area contributed by atoms with Crippen LogP contribution < -0.4 is 20.4 Å². The van der Waals surface area contributed by atoms with Crippen molar-refractivity contribution in [1.29, 1.82) is 0 Å². The Morgan fingerprint density at radius 3 is 2.28 bits per heavy atom. The van der Waals surface area contributed by atoms with E-state index in [9.17, 15) is 12.8 Å². The maximum Gasteiger partial charge on any atom is 0.228 e. The number of nitrogens with one attached hydrogen (secondary N) is 2. The van der Waals surface area contributed by atoms with Crippen molar-refractivity contribution in [2.45, 2.75) is 74.6 Å². The number of rotatable bonds is 9. The first-order valence-corrected chi connectivity index (χ1v) is 22.3. The van der Waals surface area contributed by atoms with E-state index < -0.39 is 21.6 Å². The minimum atomic E-state index is -1.18. The normalized spacial score (nSPS) is 19.7. The topological polar surface area (TPSA) is 170 Å². The lowest BCUT2D eigenvalue weighted by atomic mass is 10.1. The van der Waals surface area contributed by atoms with E-state index in [0.717, 1.165) is 91.6 Å². The lowest BCUT2D eigenvalue weighted by Gasteiger charge is -2.29. The zero-order chi connectivity index (χ0) is 39.8. The lowest BCUT2D eigenvalue weighted by Crippen LogP contribution is -2.35. The van der Waals surface area contributed by atoms with Crippen molar-refractivity contribution in [3.05, 3.63) is 84.0 Å². The zero-order valence-corrected chi connectivity index (χ0v) is 33.9. The number of aromatic nitrogens is 8. The molecule has 5 aliphatic heterocycles. The summed E-state index contributed by atoms with van der Waals surface area (Å²) in [6.07, 6.45) is 9.07. The third kappa shape index (κ3) is 7.94. The Morgan fingerprint density at radius 1 is 0.897 bits per heavy atom. The fourth-order valence-electron chi connectivity index (χ4n) is 7.72. The van der Waals surface area contributed by atoms with E-state index in [1.807, 2.05) is 30.4 Å². The van der Waals surface area contributed by atoms with Gasteiger partial charge in [0.05, 0.1) is 52.7 Å². The van der Waals surface area contributed by atoms with Gasteiger partial charge in [0.2, 0.25) is 11.9 Å². The first kappa shape index (κ1) is 38.3. The highest BCUT2D eigenvalue weighted by Crippen LogP contribution is 2.34. The summed E-state index contributed by atoms with van der Waals surface area (Å²) in [6.45, 7) is 12.3. The van der Waals surface area contributed by atoms with Gasteiger partial charge in [-0.05, 0) is 38.0 Å². The monoisotopic (exact) mass is 828 g/mol. The van der Waals surface area contributed by atoms with Gasteiger partial charge in [0.25, 0.3) is 0 Å². The molecule has 2 N–H and O–H groups in total. The molecule has 16 nitrogen and oxygen atoms in total. The van der Waals surface area contributed by atoms with Gasteiger partial charge in [-0.15, -0.1) is 0 Å². The van der Waals surface area contributed by atoms with Gasteiger partial charge in [-0.3, -0.25) is 8.42 Å². The number of nitrogens with zero attached hydrogens (tertiary/aromatic N) is 10. The van der Waals surface area contributed by atoms with Crippen molar-refractivity contribution >= 4 is 56.6 Å². The van der Waals surface area contributed by atoms with E-state index in [1.165, 1.54) is 12.1 Å². The average molecular weight is 829 g/mol. The minimum absolute atomic E-state index is 0.313. The molecule has 1 fully saturated rings. The number of hydrogen-bond donors (Lipinski definition) is 2. The molecule has 1 saturated heterocycles. The minimum Gasteiger partial charge on any atom is -0.492 e. The quantitative estimate of drug-likeness (QED) is 0.203. The Morgan fingerprint density at radius 2 is 1.57 bits per heavy atom. The molecule has 1 aromatic carbocycles. The van der Waals surface area contributed by atoms with Crippen molar-refractivity contribution in [1.82, 2.24) is 39.0 Å². The number of imidazole rings is 2. The largest absolute Gasteiger partial charge is 0.492 e. The second-order valence-corrected chi connectivity index (χ2v) is 17.5. The molecule has 58 heavy (non-hydrogen) atoms. The van der Waals surface area contributed by atoms with Crippen LogP contribution in [0.4, 0.5) is 33.6 Å². The van der Waals surface area contributed by atoms with Gasteiger partial charge in [-0.25, -0.2) is 24.3 Å². The SMILES string of the molecule is C=C(OCC)c1cn2c(n1)CN(c1nc3c(c(Nc4cccc(F)c4)n1)S(=O)CC3)CC2.O=S1CCc2nc(N3CCn4ccnc4C3)nc(NC3CCOCC3)c21. The average Bonchev–Trinajstić information content (AvgIpc) is 4.04. The molecule has 0 spiro atoms. The van der Waals surface area contributed by atoms with Crippen molar-refractivity contribution in [2.75, 3.05) is 64.8 Å². The number of hydrogen-bond acceptors (Lipinski definition) is 14. The van der Waals surface area contributed by atoms with Gasteiger partial charge in [0.1, 0.15) is 44.5 Å². The van der Waals surface area contributed by atoms with Gasteiger partial charge < -0.3 is 39.0 Å². The van der Waals surface area contributed by atoms with Crippen LogP contribution in [0.3, 0.4) is 0 Å². The summed E-state index contributed by atoms with van der Waals surface area (Å²) in [5.41, 5.74) is 2.97. The number of halogens is 1. The van der Waals surface area contributed by atoms with Crippen molar-refractivity contribution in [3.63, 3.8) is 0 Å². The smallest absolute Gasteiger partial charge is 0.228 e. The summed E-state index contributed by atoms with van der Waals surface area (Å²) in [5, 5.41) is 6.68. The molecule has 0 bridgehead atoms. The summed E-state index contributed by atoms with van der Waals surface area (Å²) < 4.78 is 53.9. The lowest BCUT2D eigenvalue weighted by molar-refractivity contribution is 0.0903. The van der Waals surface area contributed by atoms with Crippen LogP contribution in [0.1, 0.15) is 48.5 Å². The third-order valence-electron chi connectivity index (χ3n) is 10.7. The number of fused-ring (bicyclic) bond motifs is 4. The fraction of sp³-hybridized carbons (Fsp3) is 0.436. The molecular formula is C39H45FN12O4S2. The molecule has 4 aromatic heterocycles. The van der Waals surface area contributed by atoms with Crippen LogP contribution in [0, 0.1) is 5.82 Å². The molecule has 5 aromatic rings. The summed E-state index contributed by atoms with van der Waals surface area (Å²) in [7, 11) is -2.19. The molecule has 0 radical (unpaired) electrons. The number of anilines is 5. The highest BCUT2D eigenvalue weighted by molar-refractivity contribution is 7.85. The van der Waals surface area contributed by atoms with Gasteiger partial charge in [-0.1, -0.05) is 12.6 Å². The molecule has 0 saturated carbocycles. The van der Waals surface area contributed by atoms with Gasteiger partial charge in [-0.2, -0.15) is 9.97 Å². The maximum atomic E-state index is 13.7. The highest BCUT2D eigenvalue weighted by Gasteiger charge is 2.31. The predicted octanol–water partition coefficient (Wildman–Crippen LogP) is 4.19. The van der Waals surface area contributed by atoms with E-state index in [2.05, 4.69) is 41.2 Å². The molecule has 2 unspecified atom stereocenters. The molecule has 19 heteroatoms. The Hall–Kier alpha value is -5.27. The Bertz CT molecular complexity index is 2400. The van der Waals surface area contributed by atoms with Crippen molar-refractivity contribution in [2.24, 2.45) is 0 Å². The zero-order valence-electron chi connectivity index (χ0n) is 32.2. The van der Waals surface area contributed by atoms with Crippen LogP contribution in [-0.2, 0) is 70.1 Å². The first-order chi connectivity index (χ1) is 28.3. The second kappa shape index (κ2) is 16.5. The summed E-state index contributed by atoms with van der Waals surface area (Å²) in [5.74, 6) is 5.73. The molecule has 2 atom stereocenters. The maximum absolute atomic E-state index is 13.7. The van der Waals surface area contributed by atoms with Gasteiger partial charge in [0.15, 0.2) is 5.82 Å². The van der Waals surface area contributed by atoms with E-state index in [1.54, 1.807) is 12.1 Å². The summed E-state index contributed by atoms with van der Waals surface area (Å²) >= 11 is 0. The molecule has 0 aliphatic carbocycles. The van der Waals surface area contributed by atoms with E-state index in [-0.39, 0.29) is 5.82 Å². The molecule has 304 valence electrons. The highest BCUT2D eigenvalue weighted by atomic mass is 32.2. The third-order valence-corrected chi connectivity index (χ3v) is 13.6. The first-order valence-electron chi connectivity index (χ1n) is 19.6. The number of benzene rings is 1. The summed E-state index contributed by atoms with van der Waals surface area (Å²) in [4.78, 5) is 33.7. The second-order valence-electron chi connectivity index (χ2n) is 14.5. The van der Waals surface area contributed by atoms with Gasteiger partial charge in [0, 0.05) is 94.1 Å². The summed E-state index contributed by atoms with van der Waals surface area (Å²) in [6, 6.07) is 6.45. The Kier molecular flexibility index (Phi) is 10.9. The van der Waals surface area contributed by atoms with Crippen molar-refractivity contribution < 1.29 is 22.3 Å². The van der Waals surface area contributed by atoms with Crippen molar-refractivity contribution in [3.8, 4) is 0 Å². The number of ether oxygens (including phenoxy) is 2. The number of aryl methyl sites for hydroxylation is 2. The predicted molar refractivity (Wildman–Crippen MR) is 218 cm³/mol. The standard InChI is InChI=1S/C22H23FN6O2S.C17H22N6O2S/c1-3-31-14(2)18-12-28-8-9-29(13-19(28)25-18)22-26-17-7-10-32(30)20(17)21(27-22)24-16-6-4-5-15(23)11-16;24-26-10-3-13-15(26)16(19-12-1-8-25-9-2-12)21-17(20-13)23-7-6-22-5-4-18-14(22)11-23/h4-6,11-12H,2-3,7-10,13H2,1H3,(H,24,26,27);4-5,12H,1-3,6-11H2,(H,19,20,21). The van der Waals surface area contributed by atoms with E-state index >= 15 is 0 Å². The van der Waals surface area contributed by atoms with Gasteiger partial charge >= 0.3 is 0 Å². The van der Waals surface area contributed by atoms with Crippen LogP contribution in [-0.4, -0.2) is 97.9 Å².